The summed E-state index contributed by atoms with van der Waals surface area (Å²) in [6, 6.07) is 11.4. The predicted molar refractivity (Wildman–Crippen MR) is 170 cm³/mol. The highest BCUT2D eigenvalue weighted by atomic mass is 19.4. The number of carboxylic acid groups (broad SMARTS) is 2. The molecule has 272 valence electrons. The van der Waals surface area contributed by atoms with E-state index in [9.17, 15) is 42.3 Å². The van der Waals surface area contributed by atoms with E-state index in [1.807, 2.05) is 0 Å². The number of unbranched alkanes of at least 4 members (excludes halogenated alkanes) is 1. The number of hydrogen-bond acceptors (Lipinski definition) is 8. The van der Waals surface area contributed by atoms with E-state index >= 15 is 0 Å². The highest BCUT2D eigenvalue weighted by Crippen LogP contribution is 2.18. The van der Waals surface area contributed by atoms with Crippen LogP contribution < -0.4 is 22.1 Å². The number of carboxylic acids is 2. The summed E-state index contributed by atoms with van der Waals surface area (Å²) in [4.78, 5) is 73.8. The molecule has 0 bridgehead atoms. The number of amides is 4. The Morgan fingerprint density at radius 3 is 1.66 bits per heavy atom. The van der Waals surface area contributed by atoms with Crippen molar-refractivity contribution in [1.29, 1.82) is 10.8 Å². The van der Waals surface area contributed by atoms with Crippen LogP contribution in [0, 0.1) is 10.8 Å². The second-order valence-corrected chi connectivity index (χ2v) is 10.5. The summed E-state index contributed by atoms with van der Waals surface area (Å²) in [5.74, 6) is -5.96. The maximum Gasteiger partial charge on any atom is 0.490 e. The van der Waals surface area contributed by atoms with E-state index in [0.29, 0.717) is 36.1 Å². The minimum absolute atomic E-state index is 0. The minimum Gasteiger partial charge on any atom is -0.480 e. The first-order chi connectivity index (χ1) is 22.9. The number of alkyl halides is 3. The zero-order valence-electron chi connectivity index (χ0n) is 26.4. The molecule has 50 heavy (non-hydrogen) atoms. The summed E-state index contributed by atoms with van der Waals surface area (Å²) in [7, 11) is 0. The van der Waals surface area contributed by atoms with Gasteiger partial charge in [0.05, 0.1) is 6.54 Å². The summed E-state index contributed by atoms with van der Waals surface area (Å²) in [6.07, 6.45) is -3.89. The van der Waals surface area contributed by atoms with Crippen LogP contribution >= 0.6 is 0 Å². The average Bonchev–Trinajstić information content (AvgIpc) is 3.04. The Morgan fingerprint density at radius 2 is 1.24 bits per heavy atom. The van der Waals surface area contributed by atoms with Gasteiger partial charge in [-0.2, -0.15) is 13.2 Å². The lowest BCUT2D eigenvalue weighted by atomic mass is 10.0. The number of nitrogens with zero attached hydrogens (tertiary/aromatic N) is 2. The Labute approximate surface area is 282 Å². The Hall–Kier alpha value is -6.05. The fourth-order valence-electron chi connectivity index (χ4n) is 4.47. The van der Waals surface area contributed by atoms with Crippen molar-refractivity contribution in [1.82, 2.24) is 20.4 Å². The first kappa shape index (κ1) is 42.0. The number of hydrogen-bond donors (Lipinski definition) is 8. The normalized spacial score (nSPS) is 13.9. The van der Waals surface area contributed by atoms with Crippen molar-refractivity contribution in [3.05, 3.63) is 70.8 Å². The number of nitrogens with one attached hydrogen (secondary N) is 4. The number of carbonyl (C=O) groups excluding carboxylic acids is 4. The van der Waals surface area contributed by atoms with Crippen LogP contribution in [0.5, 0.6) is 0 Å². The Balaban J connectivity index is 0.00000141. The number of nitrogens with two attached hydrogens (primary N) is 2. The molecule has 0 aliphatic carbocycles. The van der Waals surface area contributed by atoms with E-state index in [1.54, 1.807) is 24.3 Å². The molecule has 0 saturated carbocycles. The molecule has 3 rings (SSSR count). The molecular weight excluding hydrogens is 673 g/mol. The van der Waals surface area contributed by atoms with Crippen molar-refractivity contribution in [2.45, 2.75) is 31.5 Å². The smallest absolute Gasteiger partial charge is 0.480 e. The number of rotatable bonds is 13. The molecular formula is C30H37F3N8O9. The van der Waals surface area contributed by atoms with Gasteiger partial charge in [-0.05, 0) is 43.5 Å². The maximum atomic E-state index is 13.1. The fraction of sp³-hybridized carbons (Fsp3) is 0.333. The first-order valence-electron chi connectivity index (χ1n) is 14.5. The molecule has 12 N–H and O–H groups in total. The summed E-state index contributed by atoms with van der Waals surface area (Å²) < 4.78 is 31.7. The lowest BCUT2D eigenvalue weighted by Crippen LogP contribution is -2.60. The van der Waals surface area contributed by atoms with Crippen molar-refractivity contribution in [2.24, 2.45) is 11.5 Å². The van der Waals surface area contributed by atoms with Gasteiger partial charge in [0.25, 0.3) is 11.8 Å². The van der Waals surface area contributed by atoms with Crippen LogP contribution in [0.25, 0.3) is 0 Å². The van der Waals surface area contributed by atoms with Gasteiger partial charge in [0.15, 0.2) is 0 Å². The van der Waals surface area contributed by atoms with E-state index in [1.165, 1.54) is 34.1 Å². The molecule has 1 atom stereocenters. The highest BCUT2D eigenvalue weighted by Gasteiger charge is 2.38. The highest BCUT2D eigenvalue weighted by molar-refractivity contribution is 6.00. The Bertz CT molecular complexity index is 1570. The quantitative estimate of drug-likeness (QED) is 0.0750. The third kappa shape index (κ3) is 12.9. The predicted octanol–water partition coefficient (Wildman–Crippen LogP) is -0.483. The maximum absolute atomic E-state index is 13.1. The van der Waals surface area contributed by atoms with Gasteiger partial charge < -0.3 is 47.6 Å². The van der Waals surface area contributed by atoms with Crippen LogP contribution in [0.2, 0.25) is 0 Å². The lowest BCUT2D eigenvalue weighted by Gasteiger charge is -2.40. The Morgan fingerprint density at radius 1 is 0.800 bits per heavy atom. The van der Waals surface area contributed by atoms with Gasteiger partial charge in [-0.25, -0.2) is 4.79 Å². The standard InChI is InChI=1S/C28H34N8O6.C2HF3O2.H2O/c29-24(30)17-4-8-19(9-5-17)26(40)33-12-2-1-3-21-28(42)35(16-23(38)39)13-14-36(21)22(37)15-34-27(41)20-10-6-18(7-11-20)25(31)32;3-2(4,5)1(6)7;/h4-11,21H,1-3,12-16H2,(H3,29,30)(H3,31,32)(H,33,40)(H,34,41)(H,38,39);(H,6,7);1H2/t21-;;/m0../s1. The number of nitrogen functional groups attached to an aromatic ring is 2. The summed E-state index contributed by atoms with van der Waals surface area (Å²) in [5, 5.41) is 36.5. The molecule has 17 nitrogen and oxygen atoms in total. The van der Waals surface area contributed by atoms with Crippen molar-refractivity contribution in [2.75, 3.05) is 32.7 Å². The summed E-state index contributed by atoms with van der Waals surface area (Å²) in [5.41, 5.74) is 12.5. The number of halogens is 3. The van der Waals surface area contributed by atoms with Gasteiger partial charge in [-0.15, -0.1) is 0 Å². The number of benzene rings is 2. The molecule has 0 spiro atoms. The van der Waals surface area contributed by atoms with Crippen LogP contribution in [-0.2, 0) is 19.2 Å². The second kappa shape index (κ2) is 19.1. The molecule has 1 aliphatic rings. The van der Waals surface area contributed by atoms with Crippen molar-refractivity contribution in [3.8, 4) is 0 Å². The van der Waals surface area contributed by atoms with E-state index in [4.69, 9.17) is 32.2 Å². The van der Waals surface area contributed by atoms with Crippen LogP contribution in [0.1, 0.15) is 51.1 Å². The van der Waals surface area contributed by atoms with Gasteiger partial charge in [-0.3, -0.25) is 34.8 Å². The zero-order valence-corrected chi connectivity index (χ0v) is 26.4. The molecule has 0 radical (unpaired) electrons. The van der Waals surface area contributed by atoms with Gasteiger partial charge in [0, 0.05) is 41.9 Å². The summed E-state index contributed by atoms with van der Waals surface area (Å²) in [6.45, 7) is -0.387. The van der Waals surface area contributed by atoms with Gasteiger partial charge >= 0.3 is 18.1 Å². The summed E-state index contributed by atoms with van der Waals surface area (Å²) >= 11 is 0. The van der Waals surface area contributed by atoms with Crippen LogP contribution in [0.15, 0.2) is 48.5 Å². The van der Waals surface area contributed by atoms with Crippen LogP contribution in [-0.4, -0.2) is 118 Å². The third-order valence-corrected chi connectivity index (χ3v) is 6.98. The molecule has 4 amide bonds. The molecule has 2 aromatic rings. The van der Waals surface area contributed by atoms with Gasteiger partial charge in [0.2, 0.25) is 11.8 Å². The minimum atomic E-state index is -5.08. The van der Waals surface area contributed by atoms with Crippen molar-refractivity contribution < 1.29 is 57.6 Å². The van der Waals surface area contributed by atoms with Gasteiger partial charge in [0.1, 0.15) is 24.3 Å². The van der Waals surface area contributed by atoms with Crippen molar-refractivity contribution in [3.63, 3.8) is 0 Å². The molecule has 1 aliphatic heterocycles. The first-order valence-corrected chi connectivity index (χ1v) is 14.5. The van der Waals surface area contributed by atoms with E-state index in [2.05, 4.69) is 10.6 Å². The van der Waals surface area contributed by atoms with Crippen LogP contribution in [0.3, 0.4) is 0 Å². The molecule has 20 heteroatoms. The van der Waals surface area contributed by atoms with E-state index in [0.717, 1.165) is 0 Å². The van der Waals surface area contributed by atoms with E-state index in [-0.39, 0.29) is 54.7 Å². The SMILES string of the molecule is N=C(N)c1ccc(C(=O)NCCCC[C@H]2C(=O)N(CC(=O)O)CCN2C(=O)CNC(=O)c2ccc(C(=N)N)cc2)cc1.O.O=C(O)C(F)(F)F. The molecule has 0 aromatic heterocycles. The molecule has 2 aromatic carbocycles. The molecule has 0 unspecified atom stereocenters. The number of carbonyl (C=O) groups is 6. The average molecular weight is 711 g/mol. The molecule has 1 saturated heterocycles. The molecule has 1 fully saturated rings. The number of amidine groups is 2. The van der Waals surface area contributed by atoms with E-state index < -0.39 is 48.4 Å². The third-order valence-electron chi connectivity index (χ3n) is 6.98. The fourth-order valence-corrected chi connectivity index (χ4v) is 4.47. The largest absolute Gasteiger partial charge is 0.490 e. The number of piperazine rings is 1. The number of aliphatic carboxylic acids is 2. The molecule has 1 heterocycles. The Kier molecular flexibility index (Phi) is 16.0. The van der Waals surface area contributed by atoms with Gasteiger partial charge in [-0.1, -0.05) is 24.3 Å². The monoisotopic (exact) mass is 710 g/mol. The topological polar surface area (TPSA) is 305 Å². The second-order valence-electron chi connectivity index (χ2n) is 10.5. The van der Waals surface area contributed by atoms with Crippen LogP contribution in [0.4, 0.5) is 13.2 Å². The zero-order chi connectivity index (χ0) is 36.9. The lowest BCUT2D eigenvalue weighted by molar-refractivity contribution is -0.192. The van der Waals surface area contributed by atoms with Crippen molar-refractivity contribution >= 4 is 47.2 Å².